The molecule has 1 atom stereocenters. The summed E-state index contributed by atoms with van der Waals surface area (Å²) in [4.78, 5) is 25.2. The van der Waals surface area contributed by atoms with E-state index < -0.39 is 17.5 Å². The normalized spacial score (nSPS) is 18.7. The van der Waals surface area contributed by atoms with Gasteiger partial charge >= 0.3 is 5.97 Å². The molecule has 0 aliphatic carbocycles. The first-order chi connectivity index (χ1) is 12.6. The van der Waals surface area contributed by atoms with Crippen molar-refractivity contribution in [3.05, 3.63) is 78.0 Å². The van der Waals surface area contributed by atoms with Crippen LogP contribution in [0.3, 0.4) is 0 Å². The molecule has 6 heteroatoms. The molecule has 26 heavy (non-hydrogen) atoms. The number of carbonyl (C=O) groups excluding carboxylic acids is 2. The highest BCUT2D eigenvalue weighted by atomic mass is 16.6. The van der Waals surface area contributed by atoms with Crippen molar-refractivity contribution in [1.29, 1.82) is 0 Å². The third-order valence-electron chi connectivity index (χ3n) is 4.45. The number of hydrogen-bond acceptors (Lipinski definition) is 4. The van der Waals surface area contributed by atoms with Gasteiger partial charge in [0.25, 0.3) is 5.91 Å². The maximum absolute atomic E-state index is 12.9. The number of para-hydroxylation sites is 1. The highest BCUT2D eigenvalue weighted by molar-refractivity contribution is 6.02. The summed E-state index contributed by atoms with van der Waals surface area (Å²) in [5.74, 6) is -0.364. The van der Waals surface area contributed by atoms with Crippen molar-refractivity contribution in [1.82, 2.24) is 9.78 Å². The van der Waals surface area contributed by atoms with Crippen LogP contribution in [0.5, 0.6) is 0 Å². The molecule has 2 aromatic carbocycles. The lowest BCUT2D eigenvalue weighted by Gasteiger charge is -2.33. The van der Waals surface area contributed by atoms with Gasteiger partial charge in [-0.1, -0.05) is 36.4 Å². The van der Waals surface area contributed by atoms with Crippen LogP contribution in [0.15, 0.2) is 66.9 Å². The molecule has 1 aliphatic rings. The predicted molar refractivity (Wildman–Crippen MR) is 96.2 cm³/mol. The van der Waals surface area contributed by atoms with Crippen LogP contribution in [0.4, 0.5) is 5.82 Å². The van der Waals surface area contributed by atoms with Crippen LogP contribution >= 0.6 is 0 Å². The molecule has 0 bridgehead atoms. The number of benzene rings is 2. The molecule has 4 rings (SSSR count). The molecule has 0 saturated carbocycles. The third kappa shape index (κ3) is 2.75. The summed E-state index contributed by atoms with van der Waals surface area (Å²) in [6.07, 6.45) is 1.92. The molecule has 130 valence electrons. The van der Waals surface area contributed by atoms with Crippen molar-refractivity contribution < 1.29 is 14.3 Å². The Hall–Kier alpha value is -3.41. The largest absolute Gasteiger partial charge is 0.445 e. The molecule has 1 amide bonds. The Morgan fingerprint density at radius 3 is 2.65 bits per heavy atom. The minimum Gasteiger partial charge on any atom is -0.445 e. The van der Waals surface area contributed by atoms with Crippen molar-refractivity contribution in [2.75, 3.05) is 5.32 Å². The first-order valence-electron chi connectivity index (χ1n) is 8.29. The van der Waals surface area contributed by atoms with Gasteiger partial charge in [0.15, 0.2) is 5.60 Å². The molecule has 0 fully saturated rings. The van der Waals surface area contributed by atoms with Crippen LogP contribution < -0.4 is 5.32 Å². The zero-order valence-electron chi connectivity index (χ0n) is 14.2. The second-order valence-corrected chi connectivity index (χ2v) is 6.37. The number of fused-ring (bicyclic) bond motifs is 1. The molecule has 2 heterocycles. The Morgan fingerprint density at radius 1 is 1.12 bits per heavy atom. The number of cyclic esters (lactones) is 1. The summed E-state index contributed by atoms with van der Waals surface area (Å²) in [6, 6.07) is 18.4. The minimum absolute atomic E-state index is 0.320. The van der Waals surface area contributed by atoms with Gasteiger partial charge in [0, 0.05) is 12.5 Å². The van der Waals surface area contributed by atoms with E-state index in [2.05, 4.69) is 10.4 Å². The molecule has 1 N–H and O–H groups in total. The van der Waals surface area contributed by atoms with Gasteiger partial charge in [-0.2, -0.15) is 5.10 Å². The van der Waals surface area contributed by atoms with Gasteiger partial charge in [-0.25, -0.2) is 9.48 Å². The summed E-state index contributed by atoms with van der Waals surface area (Å²) < 4.78 is 7.10. The summed E-state index contributed by atoms with van der Waals surface area (Å²) in [5.41, 5.74) is 0.853. The summed E-state index contributed by atoms with van der Waals surface area (Å²) in [7, 11) is 0. The molecule has 1 aromatic heterocycles. The fraction of sp³-hybridized carbons (Fsp3) is 0.150. The Balaban J connectivity index is 1.60. The molecule has 3 aromatic rings. The second-order valence-electron chi connectivity index (χ2n) is 6.37. The molecule has 0 spiro atoms. The van der Waals surface area contributed by atoms with Gasteiger partial charge in [-0.15, -0.1) is 0 Å². The molecule has 0 radical (unpaired) electrons. The van der Waals surface area contributed by atoms with Gasteiger partial charge < -0.3 is 10.1 Å². The lowest BCUT2D eigenvalue weighted by Crippen LogP contribution is -2.49. The maximum atomic E-state index is 12.9. The number of rotatable bonds is 3. The number of aromatic nitrogens is 2. The Morgan fingerprint density at radius 2 is 1.85 bits per heavy atom. The quantitative estimate of drug-likeness (QED) is 0.739. The van der Waals surface area contributed by atoms with Crippen LogP contribution in [0, 0.1) is 0 Å². The van der Waals surface area contributed by atoms with Gasteiger partial charge in [0.05, 0.1) is 17.4 Å². The van der Waals surface area contributed by atoms with E-state index in [1.54, 1.807) is 36.0 Å². The van der Waals surface area contributed by atoms with E-state index in [1.807, 2.05) is 42.5 Å². The molecule has 1 aliphatic heterocycles. The summed E-state index contributed by atoms with van der Waals surface area (Å²) >= 11 is 0. The van der Waals surface area contributed by atoms with Gasteiger partial charge in [0.2, 0.25) is 0 Å². The van der Waals surface area contributed by atoms with E-state index in [0.717, 1.165) is 11.3 Å². The van der Waals surface area contributed by atoms with E-state index in [1.165, 1.54) is 0 Å². The van der Waals surface area contributed by atoms with E-state index in [-0.39, 0.29) is 0 Å². The average molecular weight is 347 g/mol. The van der Waals surface area contributed by atoms with E-state index in [4.69, 9.17) is 4.74 Å². The number of hydrogen-bond donors (Lipinski definition) is 1. The zero-order valence-corrected chi connectivity index (χ0v) is 14.2. The predicted octanol–water partition coefficient (Wildman–Crippen LogP) is 2.98. The van der Waals surface area contributed by atoms with Gasteiger partial charge in [-0.3, -0.25) is 4.79 Å². The van der Waals surface area contributed by atoms with Crippen molar-refractivity contribution in [3.63, 3.8) is 0 Å². The SMILES string of the molecule is C[C@]1(C(=O)Nc2ccnn2-c2ccccc2)Cc2ccccc2C(=O)O1. The number of amides is 1. The van der Waals surface area contributed by atoms with Crippen molar-refractivity contribution >= 4 is 17.7 Å². The Bertz CT molecular complexity index is 981. The topological polar surface area (TPSA) is 73.2 Å². The summed E-state index contributed by atoms with van der Waals surface area (Å²) in [5, 5.41) is 7.09. The lowest BCUT2D eigenvalue weighted by atomic mass is 9.89. The number of carbonyl (C=O) groups is 2. The lowest BCUT2D eigenvalue weighted by molar-refractivity contribution is -0.134. The Kier molecular flexibility index (Phi) is 3.80. The number of anilines is 1. The average Bonchev–Trinajstić information content (AvgIpc) is 3.10. The molecular formula is C20H17N3O3. The molecular weight excluding hydrogens is 330 g/mol. The first-order valence-corrected chi connectivity index (χ1v) is 8.29. The molecule has 0 saturated heterocycles. The smallest absolute Gasteiger partial charge is 0.339 e. The van der Waals surface area contributed by atoms with Crippen LogP contribution in [0.1, 0.15) is 22.8 Å². The number of esters is 1. The highest BCUT2D eigenvalue weighted by Gasteiger charge is 2.42. The molecule has 6 nitrogen and oxygen atoms in total. The second kappa shape index (κ2) is 6.15. The van der Waals surface area contributed by atoms with Crippen LogP contribution in [-0.2, 0) is 16.0 Å². The summed E-state index contributed by atoms with van der Waals surface area (Å²) in [6.45, 7) is 1.62. The number of ether oxygens (including phenoxy) is 1. The van der Waals surface area contributed by atoms with Gasteiger partial charge in [0.1, 0.15) is 5.82 Å². The van der Waals surface area contributed by atoms with Crippen LogP contribution in [-0.4, -0.2) is 27.3 Å². The number of nitrogens with zero attached hydrogens (tertiary/aromatic N) is 2. The van der Waals surface area contributed by atoms with Crippen LogP contribution in [0.25, 0.3) is 5.69 Å². The fourth-order valence-corrected chi connectivity index (χ4v) is 3.08. The molecule has 0 unspecified atom stereocenters. The first kappa shape index (κ1) is 16.1. The van der Waals surface area contributed by atoms with Crippen molar-refractivity contribution in [3.8, 4) is 5.69 Å². The standard InChI is InChI=1S/C20H17N3O3/c1-20(13-14-7-5-6-10-16(14)18(24)26-20)19(25)22-17-11-12-21-23(17)15-8-3-2-4-9-15/h2-12H,13H2,1H3,(H,22,25)/t20-/m1/s1. The van der Waals surface area contributed by atoms with Crippen molar-refractivity contribution in [2.24, 2.45) is 0 Å². The Labute approximate surface area is 150 Å². The van der Waals surface area contributed by atoms with E-state index >= 15 is 0 Å². The third-order valence-corrected chi connectivity index (χ3v) is 4.45. The van der Waals surface area contributed by atoms with E-state index in [0.29, 0.717) is 17.8 Å². The number of nitrogens with one attached hydrogen (secondary N) is 1. The zero-order chi connectivity index (χ0) is 18.1. The van der Waals surface area contributed by atoms with E-state index in [9.17, 15) is 9.59 Å². The van der Waals surface area contributed by atoms with Crippen molar-refractivity contribution in [2.45, 2.75) is 18.9 Å². The van der Waals surface area contributed by atoms with Crippen LogP contribution in [0.2, 0.25) is 0 Å². The van der Waals surface area contributed by atoms with Gasteiger partial charge in [-0.05, 0) is 30.7 Å². The maximum Gasteiger partial charge on any atom is 0.339 e. The fourth-order valence-electron chi connectivity index (χ4n) is 3.08. The monoisotopic (exact) mass is 347 g/mol. The minimum atomic E-state index is -1.28. The highest BCUT2D eigenvalue weighted by Crippen LogP contribution is 2.29.